The molecule has 2 N–H and O–H groups in total. The van der Waals surface area contributed by atoms with Crippen LogP contribution in [-0.4, -0.2) is 49.5 Å². The van der Waals surface area contributed by atoms with Crippen LogP contribution in [0.4, 0.5) is 5.82 Å². The molecule has 1 aliphatic heterocycles. The van der Waals surface area contributed by atoms with E-state index in [9.17, 15) is 5.26 Å². The van der Waals surface area contributed by atoms with E-state index >= 15 is 0 Å². The Morgan fingerprint density at radius 2 is 1.64 bits per heavy atom. The van der Waals surface area contributed by atoms with Gasteiger partial charge in [-0.1, -0.05) is 48.5 Å². The van der Waals surface area contributed by atoms with Gasteiger partial charge in [0.15, 0.2) is 22.5 Å². The van der Waals surface area contributed by atoms with Crippen molar-refractivity contribution >= 4 is 28.0 Å². The number of nitrogen functional groups attached to an aromatic ring is 1. The zero-order chi connectivity index (χ0) is 26.8. The van der Waals surface area contributed by atoms with Gasteiger partial charge in [0.05, 0.1) is 18.4 Å². The normalized spacial score (nSPS) is 27.0. The van der Waals surface area contributed by atoms with Crippen LogP contribution in [0.2, 0.25) is 36.3 Å². The SMILES string of the molecule is CC[Si](CC)(CC)OC[C@H]1O[C@@](C#N)(c2ccc3c(N)ncnn23)[C@](C)(O[Si](CC)(CC)CC)[C@@H]1C. The lowest BCUT2D eigenvalue weighted by atomic mass is 9.76. The number of anilines is 1. The molecule has 0 amide bonds. The van der Waals surface area contributed by atoms with Gasteiger partial charge in [-0.15, -0.1) is 0 Å². The first-order valence-electron chi connectivity index (χ1n) is 13.6. The van der Waals surface area contributed by atoms with E-state index in [4.69, 9.17) is 19.3 Å². The highest BCUT2D eigenvalue weighted by Crippen LogP contribution is 2.54. The molecule has 2 aromatic rings. The monoisotopic (exact) mass is 531 g/mol. The molecule has 0 spiro atoms. The molecule has 0 radical (unpaired) electrons. The van der Waals surface area contributed by atoms with Crippen molar-refractivity contribution in [2.75, 3.05) is 12.3 Å². The van der Waals surface area contributed by atoms with E-state index in [1.165, 1.54) is 6.33 Å². The van der Waals surface area contributed by atoms with Crippen LogP contribution in [-0.2, 0) is 19.2 Å². The third-order valence-corrected chi connectivity index (χ3v) is 18.7. The number of nitrogens with zero attached hydrogens (tertiary/aromatic N) is 4. The molecule has 200 valence electrons. The van der Waals surface area contributed by atoms with E-state index in [1.54, 1.807) is 4.52 Å². The topological polar surface area (TPSA) is 108 Å². The minimum Gasteiger partial charge on any atom is -0.414 e. The average Bonchev–Trinajstić information content (AvgIpc) is 3.43. The molecule has 10 heteroatoms. The number of nitrogens with two attached hydrogens (primary N) is 1. The standard InChI is InChI=1S/C26H45N5O3Si2/c1-9-35(10-2,11-3)32-17-22-20(7)25(8,34-36(12-4,13-5)14-6)26(18-27,33-22)23-16-15-21-24(28)29-19-30-31(21)23/h15-16,19-20,22H,9-14,17H2,1-8H3,(H2,28,29,30)/t20-,22-,25-,26+/m1/s1. The van der Waals surface area contributed by atoms with Gasteiger partial charge in [0.1, 0.15) is 23.5 Å². The van der Waals surface area contributed by atoms with Crippen LogP contribution >= 0.6 is 0 Å². The van der Waals surface area contributed by atoms with Crippen molar-refractivity contribution < 1.29 is 13.6 Å². The van der Waals surface area contributed by atoms with E-state index in [2.05, 4.69) is 71.5 Å². The van der Waals surface area contributed by atoms with Gasteiger partial charge in [0, 0.05) is 5.92 Å². The quantitative estimate of drug-likeness (QED) is 0.341. The lowest BCUT2D eigenvalue weighted by Gasteiger charge is -2.45. The van der Waals surface area contributed by atoms with E-state index in [1.807, 2.05) is 12.1 Å². The van der Waals surface area contributed by atoms with Crippen molar-refractivity contribution in [2.24, 2.45) is 5.92 Å². The van der Waals surface area contributed by atoms with Gasteiger partial charge in [0.25, 0.3) is 0 Å². The van der Waals surface area contributed by atoms with Crippen LogP contribution < -0.4 is 5.73 Å². The summed E-state index contributed by atoms with van der Waals surface area (Å²) >= 11 is 0. The molecular weight excluding hydrogens is 486 g/mol. The van der Waals surface area contributed by atoms with E-state index in [0.717, 1.165) is 36.3 Å². The Labute approximate surface area is 218 Å². The highest BCUT2D eigenvalue weighted by atomic mass is 28.4. The maximum Gasteiger partial charge on any atom is 0.224 e. The fraction of sp³-hybridized carbons (Fsp3) is 0.731. The molecule has 0 unspecified atom stereocenters. The summed E-state index contributed by atoms with van der Waals surface area (Å²) in [5.74, 6) is 0.289. The maximum atomic E-state index is 10.9. The van der Waals surface area contributed by atoms with Crippen molar-refractivity contribution in [2.45, 2.75) is 109 Å². The molecule has 8 nitrogen and oxygen atoms in total. The zero-order valence-corrected chi connectivity index (χ0v) is 25.4. The summed E-state index contributed by atoms with van der Waals surface area (Å²) in [5, 5.41) is 15.4. The van der Waals surface area contributed by atoms with Crippen LogP contribution in [0.5, 0.6) is 0 Å². The summed E-state index contributed by atoms with van der Waals surface area (Å²) in [6.07, 6.45) is 1.13. The lowest BCUT2D eigenvalue weighted by Crippen LogP contribution is -2.57. The Morgan fingerprint density at radius 3 is 2.17 bits per heavy atom. The molecule has 0 saturated carbocycles. The largest absolute Gasteiger partial charge is 0.414 e. The second kappa shape index (κ2) is 10.9. The molecule has 0 aromatic carbocycles. The molecule has 4 atom stereocenters. The number of aromatic nitrogens is 3. The second-order valence-corrected chi connectivity index (χ2v) is 19.9. The summed E-state index contributed by atoms with van der Waals surface area (Å²) in [7, 11) is -3.97. The fourth-order valence-corrected chi connectivity index (χ4v) is 11.7. The number of nitriles is 1. The van der Waals surface area contributed by atoms with E-state index in [0.29, 0.717) is 23.6 Å². The molecule has 3 heterocycles. The van der Waals surface area contributed by atoms with Crippen molar-refractivity contribution in [3.63, 3.8) is 0 Å². The second-order valence-electron chi connectivity index (χ2n) is 10.4. The number of ether oxygens (including phenoxy) is 1. The Balaban J connectivity index is 2.17. The van der Waals surface area contributed by atoms with E-state index in [-0.39, 0.29) is 12.0 Å². The summed E-state index contributed by atoms with van der Waals surface area (Å²) in [5.41, 5.74) is 5.16. The number of fused-ring (bicyclic) bond motifs is 1. The van der Waals surface area contributed by atoms with Gasteiger partial charge < -0.3 is 19.3 Å². The van der Waals surface area contributed by atoms with Gasteiger partial charge in [-0.3, -0.25) is 0 Å². The number of rotatable bonds is 12. The summed E-state index contributed by atoms with van der Waals surface area (Å²) in [4.78, 5) is 4.13. The number of hydrogen-bond donors (Lipinski definition) is 1. The lowest BCUT2D eigenvalue weighted by molar-refractivity contribution is -0.0950. The van der Waals surface area contributed by atoms with Crippen LogP contribution in [0.3, 0.4) is 0 Å². The van der Waals surface area contributed by atoms with Crippen LogP contribution in [0.15, 0.2) is 18.5 Å². The van der Waals surface area contributed by atoms with Gasteiger partial charge in [-0.25, -0.2) is 9.50 Å². The van der Waals surface area contributed by atoms with Gasteiger partial charge in [-0.2, -0.15) is 10.4 Å². The Hall–Kier alpha value is -1.78. The zero-order valence-electron chi connectivity index (χ0n) is 23.4. The van der Waals surface area contributed by atoms with Gasteiger partial charge in [-0.05, 0) is 55.3 Å². The molecular formula is C26H45N5O3Si2. The van der Waals surface area contributed by atoms with Crippen molar-refractivity contribution in [3.05, 3.63) is 24.2 Å². The van der Waals surface area contributed by atoms with Crippen LogP contribution in [0, 0.1) is 17.2 Å². The summed E-state index contributed by atoms with van der Waals surface area (Å²) in [6, 6.07) is 12.5. The minimum absolute atomic E-state index is 0.0734. The third kappa shape index (κ3) is 4.43. The van der Waals surface area contributed by atoms with Gasteiger partial charge >= 0.3 is 0 Å². The van der Waals surface area contributed by atoms with Gasteiger partial charge in [0.2, 0.25) is 5.60 Å². The Morgan fingerprint density at radius 1 is 1.06 bits per heavy atom. The predicted molar refractivity (Wildman–Crippen MR) is 149 cm³/mol. The highest BCUT2D eigenvalue weighted by Gasteiger charge is 2.67. The fourth-order valence-electron chi connectivity index (χ4n) is 5.92. The maximum absolute atomic E-state index is 10.9. The molecule has 2 aromatic heterocycles. The summed E-state index contributed by atoms with van der Waals surface area (Å²) < 4.78 is 22.5. The molecule has 0 bridgehead atoms. The highest BCUT2D eigenvalue weighted by molar-refractivity contribution is 6.74. The van der Waals surface area contributed by atoms with E-state index < -0.39 is 27.8 Å². The van der Waals surface area contributed by atoms with Crippen molar-refractivity contribution in [3.8, 4) is 6.07 Å². The summed E-state index contributed by atoms with van der Waals surface area (Å²) in [6.45, 7) is 18.0. The first-order chi connectivity index (χ1) is 17.1. The molecule has 3 rings (SSSR count). The predicted octanol–water partition coefficient (Wildman–Crippen LogP) is 5.87. The molecule has 36 heavy (non-hydrogen) atoms. The number of hydrogen-bond acceptors (Lipinski definition) is 7. The molecule has 1 saturated heterocycles. The molecule has 1 fully saturated rings. The van der Waals surface area contributed by atoms with Crippen molar-refractivity contribution in [1.82, 2.24) is 14.6 Å². The smallest absolute Gasteiger partial charge is 0.224 e. The Kier molecular flexibility index (Phi) is 8.73. The minimum atomic E-state index is -2.13. The first kappa shape index (κ1) is 28.8. The third-order valence-electron chi connectivity index (χ3n) is 9.30. The van der Waals surface area contributed by atoms with Crippen LogP contribution in [0.25, 0.3) is 5.52 Å². The average molecular weight is 532 g/mol. The molecule has 1 aliphatic rings. The van der Waals surface area contributed by atoms with Crippen molar-refractivity contribution in [1.29, 1.82) is 5.26 Å². The molecule has 0 aliphatic carbocycles. The van der Waals surface area contributed by atoms with Crippen LogP contribution in [0.1, 0.15) is 61.1 Å². The first-order valence-corrected chi connectivity index (χ1v) is 18.7. The Bertz CT molecular complexity index is 1060.